The molecule has 0 saturated carbocycles. The van der Waals surface area contributed by atoms with Gasteiger partial charge in [0.1, 0.15) is 11.4 Å². The zero-order chi connectivity index (χ0) is 15.7. The Balaban J connectivity index is 1.58. The summed E-state index contributed by atoms with van der Waals surface area (Å²) in [5.74, 6) is 0.858. The van der Waals surface area contributed by atoms with Crippen molar-refractivity contribution in [3.05, 3.63) is 33.9 Å². The maximum Gasteiger partial charge on any atom is 0.296 e. The second-order valence-corrected chi connectivity index (χ2v) is 5.35. The zero-order valence-corrected chi connectivity index (χ0v) is 12.0. The van der Waals surface area contributed by atoms with E-state index < -0.39 is 28.4 Å². The second-order valence-electron chi connectivity index (χ2n) is 4.85. The third-order valence-electron chi connectivity index (χ3n) is 3.42. The minimum Gasteiger partial charge on any atom is -0.454 e. The smallest absolute Gasteiger partial charge is 0.296 e. The van der Waals surface area contributed by atoms with Crippen molar-refractivity contribution in [1.29, 1.82) is 0 Å². The van der Waals surface area contributed by atoms with Crippen LogP contribution in [0.3, 0.4) is 0 Å². The molecular weight excluding hydrogens is 316 g/mol. The molecule has 1 amide bonds. The highest BCUT2D eigenvalue weighted by molar-refractivity contribution is 6.23. The highest BCUT2D eigenvalue weighted by Crippen LogP contribution is 2.32. The molecule has 118 valence electrons. The van der Waals surface area contributed by atoms with Gasteiger partial charge in [0.05, 0.1) is 0 Å². The first-order valence-electron chi connectivity index (χ1n) is 6.51. The molecule has 22 heavy (non-hydrogen) atoms. The molecule has 3 atom stereocenters. The number of fused-ring (bicyclic) bond motifs is 1. The van der Waals surface area contributed by atoms with Crippen LogP contribution in [-0.2, 0) is 11.3 Å². The quantitative estimate of drug-likeness (QED) is 0.395. The first-order chi connectivity index (χ1) is 10.6. The molecule has 9 nitrogen and oxygen atoms in total. The van der Waals surface area contributed by atoms with Gasteiger partial charge in [-0.3, -0.25) is 14.9 Å². The van der Waals surface area contributed by atoms with Gasteiger partial charge in [-0.2, -0.15) is 5.43 Å². The van der Waals surface area contributed by atoms with Gasteiger partial charge in [0.2, 0.25) is 12.7 Å². The molecule has 0 aromatic heterocycles. The molecule has 0 radical (unpaired) electrons. The summed E-state index contributed by atoms with van der Waals surface area (Å²) in [6, 6.07) is 4.44. The van der Waals surface area contributed by atoms with Crippen LogP contribution in [0, 0.1) is 10.1 Å². The standard InChI is InChI=1S/C12H13ClN4O5/c13-9-10(15-16-11(9)17(19)20)12(18)14-4-6-1-2-7-8(3-6)22-5-21-7/h1-3,9-11,15-16H,4-5H2,(H,14,18). The van der Waals surface area contributed by atoms with Gasteiger partial charge in [-0.05, 0) is 17.7 Å². The number of rotatable bonds is 4. The van der Waals surface area contributed by atoms with E-state index in [9.17, 15) is 14.9 Å². The lowest BCUT2D eigenvalue weighted by atomic mass is 10.1. The SMILES string of the molecule is O=C(NCc1ccc2c(c1)OCO2)C1NNC([N+](=O)[O-])C1Cl. The number of nitrogens with one attached hydrogen (secondary N) is 3. The van der Waals surface area contributed by atoms with Crippen LogP contribution in [0.4, 0.5) is 0 Å². The fourth-order valence-corrected chi connectivity index (χ4v) is 2.58. The van der Waals surface area contributed by atoms with Crippen LogP contribution in [0.25, 0.3) is 0 Å². The normalized spacial score (nSPS) is 26.0. The van der Waals surface area contributed by atoms with Crippen LogP contribution in [0.2, 0.25) is 0 Å². The Kier molecular flexibility index (Phi) is 4.01. The number of amides is 1. The van der Waals surface area contributed by atoms with Crippen molar-refractivity contribution >= 4 is 17.5 Å². The minimum atomic E-state index is -1.21. The van der Waals surface area contributed by atoms with Crippen LogP contribution >= 0.6 is 11.6 Å². The van der Waals surface area contributed by atoms with E-state index in [0.29, 0.717) is 11.5 Å². The van der Waals surface area contributed by atoms with E-state index in [-0.39, 0.29) is 13.3 Å². The number of hydrazine groups is 1. The maximum atomic E-state index is 12.1. The molecule has 3 unspecified atom stereocenters. The summed E-state index contributed by atoms with van der Waals surface area (Å²) in [6.45, 7) is 0.430. The summed E-state index contributed by atoms with van der Waals surface area (Å²) in [6.07, 6.45) is -1.21. The zero-order valence-electron chi connectivity index (χ0n) is 11.2. The fourth-order valence-electron chi connectivity index (χ4n) is 2.25. The van der Waals surface area contributed by atoms with E-state index in [0.717, 1.165) is 5.56 Å². The molecule has 0 spiro atoms. The van der Waals surface area contributed by atoms with Gasteiger partial charge >= 0.3 is 0 Å². The molecule has 1 aromatic carbocycles. The van der Waals surface area contributed by atoms with Crippen molar-refractivity contribution in [2.75, 3.05) is 6.79 Å². The molecule has 3 rings (SSSR count). The number of benzene rings is 1. The number of nitrogens with zero attached hydrogens (tertiary/aromatic N) is 1. The Bertz CT molecular complexity index is 613. The van der Waals surface area contributed by atoms with E-state index >= 15 is 0 Å². The lowest BCUT2D eigenvalue weighted by molar-refractivity contribution is -0.525. The summed E-state index contributed by atoms with van der Waals surface area (Å²) in [4.78, 5) is 22.2. The second kappa shape index (κ2) is 5.95. The van der Waals surface area contributed by atoms with E-state index in [2.05, 4.69) is 16.2 Å². The lowest BCUT2D eigenvalue weighted by Crippen LogP contribution is -2.45. The number of hydrogen-bond donors (Lipinski definition) is 3. The largest absolute Gasteiger partial charge is 0.454 e. The number of halogens is 1. The number of carbonyl (C=O) groups excluding carboxylic acids is 1. The van der Waals surface area contributed by atoms with Crippen molar-refractivity contribution in [1.82, 2.24) is 16.2 Å². The fraction of sp³-hybridized carbons (Fsp3) is 0.417. The van der Waals surface area contributed by atoms with Crippen LogP contribution in [0.5, 0.6) is 11.5 Å². The van der Waals surface area contributed by atoms with Crippen LogP contribution in [0.1, 0.15) is 5.56 Å². The summed E-state index contributed by atoms with van der Waals surface area (Å²) < 4.78 is 10.4. The third kappa shape index (κ3) is 2.78. The number of alkyl halides is 1. The molecule has 0 aliphatic carbocycles. The molecule has 1 saturated heterocycles. The van der Waals surface area contributed by atoms with Crippen molar-refractivity contribution in [2.24, 2.45) is 0 Å². The molecule has 2 aliphatic heterocycles. The van der Waals surface area contributed by atoms with Crippen LogP contribution in [-0.4, -0.2) is 35.2 Å². The molecule has 1 fully saturated rings. The Labute approximate surface area is 130 Å². The van der Waals surface area contributed by atoms with Crippen LogP contribution in [0.15, 0.2) is 18.2 Å². The predicted molar refractivity (Wildman–Crippen MR) is 74.9 cm³/mol. The molecule has 2 heterocycles. The monoisotopic (exact) mass is 328 g/mol. The highest BCUT2D eigenvalue weighted by Gasteiger charge is 2.45. The summed E-state index contributed by atoms with van der Waals surface area (Å²) >= 11 is 5.93. The third-order valence-corrected chi connectivity index (χ3v) is 3.91. The van der Waals surface area contributed by atoms with Crippen molar-refractivity contribution < 1.29 is 19.2 Å². The van der Waals surface area contributed by atoms with Gasteiger partial charge in [0.25, 0.3) is 6.17 Å². The first kappa shape index (κ1) is 14.8. The Morgan fingerprint density at radius 1 is 1.41 bits per heavy atom. The van der Waals surface area contributed by atoms with E-state index in [4.69, 9.17) is 21.1 Å². The van der Waals surface area contributed by atoms with Gasteiger partial charge in [0, 0.05) is 11.5 Å². The van der Waals surface area contributed by atoms with Gasteiger partial charge in [-0.25, -0.2) is 5.43 Å². The van der Waals surface area contributed by atoms with E-state index in [1.54, 1.807) is 18.2 Å². The van der Waals surface area contributed by atoms with Crippen molar-refractivity contribution in [2.45, 2.75) is 24.1 Å². The van der Waals surface area contributed by atoms with Crippen molar-refractivity contribution in [3.8, 4) is 11.5 Å². The number of ether oxygens (including phenoxy) is 2. The summed E-state index contributed by atoms with van der Waals surface area (Å²) in [5.41, 5.74) is 5.75. The van der Waals surface area contributed by atoms with Gasteiger partial charge in [0.15, 0.2) is 11.5 Å². The summed E-state index contributed by atoms with van der Waals surface area (Å²) in [5, 5.41) is 12.4. The highest BCUT2D eigenvalue weighted by atomic mass is 35.5. The molecule has 3 N–H and O–H groups in total. The summed E-state index contributed by atoms with van der Waals surface area (Å²) in [7, 11) is 0. The van der Waals surface area contributed by atoms with Gasteiger partial charge < -0.3 is 14.8 Å². The number of nitro groups is 1. The first-order valence-corrected chi connectivity index (χ1v) is 6.95. The molecule has 2 aliphatic rings. The van der Waals surface area contributed by atoms with Gasteiger partial charge in [-0.1, -0.05) is 6.07 Å². The van der Waals surface area contributed by atoms with Crippen molar-refractivity contribution in [3.63, 3.8) is 0 Å². The number of carbonyl (C=O) groups is 1. The topological polar surface area (TPSA) is 115 Å². The average Bonchev–Trinajstić information content (AvgIpc) is 3.10. The van der Waals surface area contributed by atoms with E-state index in [1.165, 1.54) is 0 Å². The molecule has 1 aromatic rings. The molecular formula is C12H13ClN4O5. The van der Waals surface area contributed by atoms with Gasteiger partial charge in [-0.15, -0.1) is 11.6 Å². The van der Waals surface area contributed by atoms with Crippen LogP contribution < -0.4 is 25.6 Å². The average molecular weight is 329 g/mol. The number of hydrogen-bond acceptors (Lipinski definition) is 7. The van der Waals surface area contributed by atoms with E-state index in [1.807, 2.05) is 0 Å². The Morgan fingerprint density at radius 3 is 2.91 bits per heavy atom. The minimum absolute atomic E-state index is 0.180. The lowest BCUT2D eigenvalue weighted by Gasteiger charge is -2.13. The molecule has 0 bridgehead atoms. The Morgan fingerprint density at radius 2 is 2.18 bits per heavy atom. The maximum absolute atomic E-state index is 12.1. The molecule has 10 heteroatoms. The Hall–Kier alpha value is -2.10. The predicted octanol–water partition coefficient (Wildman–Crippen LogP) is -0.282.